The highest BCUT2D eigenvalue weighted by molar-refractivity contribution is 6.41. The largest absolute Gasteiger partial charge is 0.274 e. The molecule has 5 aromatic carbocycles. The van der Waals surface area contributed by atoms with Gasteiger partial charge in [0.1, 0.15) is 0 Å². The molecule has 2 aliphatic heterocycles. The molecule has 6 nitrogen and oxygen atoms in total. The molecule has 6 heteroatoms. The molecule has 0 saturated heterocycles. The van der Waals surface area contributed by atoms with Crippen LogP contribution in [0.5, 0.6) is 0 Å². The highest BCUT2D eigenvalue weighted by atomic mass is 16.2. The Labute approximate surface area is 269 Å². The normalized spacial score (nSPS) is 14.6. The van der Waals surface area contributed by atoms with Crippen LogP contribution in [0.15, 0.2) is 59.7 Å². The fourth-order valence-corrected chi connectivity index (χ4v) is 7.56. The summed E-state index contributed by atoms with van der Waals surface area (Å²) in [5.74, 6) is -0.968. The lowest BCUT2D eigenvalue weighted by atomic mass is 9.82. The molecule has 5 aromatic rings. The number of nitrogens with zero attached hydrogens (tertiary/aromatic N) is 2. The minimum atomic E-state index is -0.248. The summed E-state index contributed by atoms with van der Waals surface area (Å²) in [5, 5.41) is 6.82. The predicted molar refractivity (Wildman–Crippen MR) is 185 cm³/mol. The van der Waals surface area contributed by atoms with Crippen molar-refractivity contribution >= 4 is 66.7 Å². The Morgan fingerprint density at radius 2 is 0.848 bits per heavy atom. The van der Waals surface area contributed by atoms with Crippen LogP contribution in [0.25, 0.3) is 43.1 Å². The van der Waals surface area contributed by atoms with Crippen molar-refractivity contribution < 1.29 is 19.2 Å². The molecule has 2 heterocycles. The molecule has 0 spiro atoms. The van der Waals surface area contributed by atoms with Gasteiger partial charge in [-0.05, 0) is 103 Å². The first-order valence-corrected chi connectivity index (χ1v) is 16.8. The highest BCUT2D eigenvalue weighted by Crippen LogP contribution is 2.46. The van der Waals surface area contributed by atoms with E-state index in [1.807, 2.05) is 48.5 Å². The van der Waals surface area contributed by atoms with Gasteiger partial charge in [-0.2, -0.15) is 0 Å². The molecule has 234 valence electrons. The van der Waals surface area contributed by atoms with Gasteiger partial charge >= 0.3 is 0 Å². The maximum Gasteiger partial charge on any atom is 0.261 e. The SMILES string of the molecule is CCCCCCCN1C(=O)c2ccc3c4ccc5c6c(ccc(c7ccc(c2c37)C1=O)c64)C(=O)N(CCCCC(C)=C(C)C)C5=O. The second kappa shape index (κ2) is 11.7. The molecule has 2 aliphatic rings. The second-order valence-electron chi connectivity index (χ2n) is 13.3. The molecule has 0 aromatic heterocycles. The van der Waals surface area contributed by atoms with Gasteiger partial charge in [-0.15, -0.1) is 0 Å². The number of imide groups is 2. The van der Waals surface area contributed by atoms with Gasteiger partial charge in [-0.3, -0.25) is 29.0 Å². The summed E-state index contributed by atoms with van der Waals surface area (Å²) in [5.41, 5.74) is 4.87. The van der Waals surface area contributed by atoms with Crippen LogP contribution in [0.1, 0.15) is 120 Å². The van der Waals surface area contributed by atoms with Crippen molar-refractivity contribution in [3.8, 4) is 0 Å². The van der Waals surface area contributed by atoms with E-state index in [4.69, 9.17) is 0 Å². The molecule has 0 unspecified atom stereocenters. The van der Waals surface area contributed by atoms with Crippen molar-refractivity contribution in [2.75, 3.05) is 13.1 Å². The van der Waals surface area contributed by atoms with Crippen molar-refractivity contribution in [1.82, 2.24) is 9.80 Å². The van der Waals surface area contributed by atoms with E-state index < -0.39 is 0 Å². The molecule has 0 radical (unpaired) electrons. The number of hydrogen-bond acceptors (Lipinski definition) is 4. The number of fused-ring (bicyclic) bond motifs is 2. The molecule has 7 rings (SSSR count). The van der Waals surface area contributed by atoms with Crippen LogP contribution >= 0.6 is 0 Å². The lowest BCUT2D eigenvalue weighted by Crippen LogP contribution is -2.41. The maximum atomic E-state index is 13.8. The molecule has 0 fully saturated rings. The molecule has 0 saturated carbocycles. The highest BCUT2D eigenvalue weighted by Gasteiger charge is 2.36. The van der Waals surface area contributed by atoms with Crippen molar-refractivity contribution in [2.24, 2.45) is 0 Å². The first-order valence-electron chi connectivity index (χ1n) is 16.8. The predicted octanol–water partition coefficient (Wildman–Crippen LogP) is 9.43. The van der Waals surface area contributed by atoms with Gasteiger partial charge in [0.2, 0.25) is 0 Å². The summed E-state index contributed by atoms with van der Waals surface area (Å²) in [4.78, 5) is 57.9. The van der Waals surface area contributed by atoms with E-state index in [1.165, 1.54) is 20.9 Å². The second-order valence-corrected chi connectivity index (χ2v) is 13.3. The fraction of sp³-hybridized carbons (Fsp3) is 0.350. The number of unbranched alkanes of at least 4 members (excludes halogenated alkanes) is 5. The van der Waals surface area contributed by atoms with Crippen LogP contribution in [0.4, 0.5) is 0 Å². The van der Waals surface area contributed by atoms with Crippen LogP contribution < -0.4 is 0 Å². The zero-order chi connectivity index (χ0) is 32.3. The third kappa shape index (κ3) is 4.52. The Balaban J connectivity index is 1.30. The Kier molecular flexibility index (Phi) is 7.62. The first kappa shape index (κ1) is 30.1. The van der Waals surface area contributed by atoms with Crippen molar-refractivity contribution in [3.63, 3.8) is 0 Å². The summed E-state index contributed by atoms with van der Waals surface area (Å²) >= 11 is 0. The third-order valence-corrected chi connectivity index (χ3v) is 10.3. The van der Waals surface area contributed by atoms with Crippen LogP contribution in [-0.4, -0.2) is 46.5 Å². The molecule has 0 bridgehead atoms. The van der Waals surface area contributed by atoms with Crippen LogP contribution in [0, 0.1) is 0 Å². The number of carbonyl (C=O) groups is 4. The van der Waals surface area contributed by atoms with E-state index in [0.29, 0.717) is 46.1 Å². The molecule has 46 heavy (non-hydrogen) atoms. The van der Waals surface area contributed by atoms with Gasteiger partial charge in [0, 0.05) is 46.1 Å². The average Bonchev–Trinajstić information content (AvgIpc) is 3.06. The van der Waals surface area contributed by atoms with E-state index in [1.54, 1.807) is 0 Å². The zero-order valence-electron chi connectivity index (χ0n) is 27.2. The summed E-state index contributed by atoms with van der Waals surface area (Å²) < 4.78 is 0. The molecule has 0 aliphatic carbocycles. The first-order chi connectivity index (χ1) is 22.2. The topological polar surface area (TPSA) is 74.8 Å². The summed E-state index contributed by atoms with van der Waals surface area (Å²) in [6.07, 6.45) is 7.83. The lowest BCUT2D eigenvalue weighted by molar-refractivity contribution is 0.0592. The van der Waals surface area contributed by atoms with E-state index in [9.17, 15) is 19.2 Å². The quantitative estimate of drug-likeness (QED) is 0.0490. The Morgan fingerprint density at radius 3 is 1.22 bits per heavy atom. The van der Waals surface area contributed by atoms with Gasteiger partial charge in [0.15, 0.2) is 0 Å². The molecule has 4 amide bonds. The summed E-state index contributed by atoms with van der Waals surface area (Å²) in [6, 6.07) is 15.3. The molecular weight excluding hydrogens is 572 g/mol. The van der Waals surface area contributed by atoms with E-state index in [0.717, 1.165) is 83.7 Å². The van der Waals surface area contributed by atoms with E-state index in [-0.39, 0.29) is 23.6 Å². The monoisotopic (exact) mass is 612 g/mol. The maximum absolute atomic E-state index is 13.8. The van der Waals surface area contributed by atoms with Crippen molar-refractivity contribution in [3.05, 3.63) is 81.9 Å². The zero-order valence-corrected chi connectivity index (χ0v) is 27.2. The molecule has 0 N–H and O–H groups in total. The Morgan fingerprint density at radius 1 is 0.478 bits per heavy atom. The average molecular weight is 613 g/mol. The van der Waals surface area contributed by atoms with Crippen LogP contribution in [0.3, 0.4) is 0 Å². The van der Waals surface area contributed by atoms with E-state index in [2.05, 4.69) is 27.7 Å². The van der Waals surface area contributed by atoms with Gasteiger partial charge in [-0.25, -0.2) is 0 Å². The van der Waals surface area contributed by atoms with Gasteiger partial charge in [0.05, 0.1) is 0 Å². The van der Waals surface area contributed by atoms with Gasteiger partial charge in [0.25, 0.3) is 23.6 Å². The van der Waals surface area contributed by atoms with Crippen LogP contribution in [0.2, 0.25) is 0 Å². The van der Waals surface area contributed by atoms with Crippen molar-refractivity contribution in [2.45, 2.75) is 79.1 Å². The number of benzene rings is 5. The molecule has 0 atom stereocenters. The van der Waals surface area contributed by atoms with Gasteiger partial charge < -0.3 is 0 Å². The summed E-state index contributed by atoms with van der Waals surface area (Å²) in [7, 11) is 0. The minimum absolute atomic E-state index is 0.236. The fourth-order valence-electron chi connectivity index (χ4n) is 7.56. The molecular formula is C40H40N2O4. The number of carbonyl (C=O) groups excluding carboxylic acids is 4. The Bertz CT molecular complexity index is 2010. The number of hydrogen-bond donors (Lipinski definition) is 0. The Hall–Kier alpha value is -4.58. The lowest BCUT2D eigenvalue weighted by Gasteiger charge is -2.30. The van der Waals surface area contributed by atoms with Crippen molar-refractivity contribution in [1.29, 1.82) is 0 Å². The third-order valence-electron chi connectivity index (χ3n) is 10.3. The number of rotatable bonds is 11. The van der Waals surface area contributed by atoms with Gasteiger partial charge in [-0.1, -0.05) is 68.0 Å². The minimum Gasteiger partial charge on any atom is -0.274 e. The number of amides is 4. The standard InChI is InChI=1S/C40H40N2O4/c1-5-6-7-8-10-21-41-37(43)29-17-13-25-27-15-19-31-36-32(40(46)42(39(31)45)22-11-9-12-24(4)23(2)3)20-16-28(34(27)36)26-14-18-30(38(41)44)35(29)33(25)26/h13-20H,5-12,21-22H2,1-4H3. The van der Waals surface area contributed by atoms with Crippen LogP contribution in [-0.2, 0) is 0 Å². The van der Waals surface area contributed by atoms with E-state index >= 15 is 0 Å². The smallest absolute Gasteiger partial charge is 0.261 e. The number of allylic oxidation sites excluding steroid dienone is 2. The summed E-state index contributed by atoms with van der Waals surface area (Å²) in [6.45, 7) is 9.34.